The van der Waals surface area contributed by atoms with Crippen LogP contribution in [0.1, 0.15) is 38.1 Å². The number of aliphatic hydroxyl groups excluding tert-OH is 1. The molecule has 1 aromatic rings. The maximum atomic E-state index is 10.2. The Labute approximate surface area is 169 Å². The number of nitrogen functional groups attached to an aromatic ring is 1. The second-order valence-corrected chi connectivity index (χ2v) is 7.28. The third kappa shape index (κ3) is 5.41. The molecular formula is C20H27N5O4. The molecule has 4 N–H and O–H groups in total. The van der Waals surface area contributed by atoms with Crippen molar-refractivity contribution in [3.8, 4) is 17.3 Å². The second kappa shape index (κ2) is 9.17. The van der Waals surface area contributed by atoms with Crippen molar-refractivity contribution in [1.29, 1.82) is 0 Å². The normalized spacial score (nSPS) is 11.9. The molecule has 156 valence electrons. The van der Waals surface area contributed by atoms with Gasteiger partial charge in [0.2, 0.25) is 0 Å². The molecule has 0 aliphatic carbocycles. The Morgan fingerprint density at radius 2 is 2.03 bits per heavy atom. The summed E-state index contributed by atoms with van der Waals surface area (Å²) in [5, 5.41) is 19.0. The average molecular weight is 401 g/mol. The van der Waals surface area contributed by atoms with Gasteiger partial charge in [0.25, 0.3) is 0 Å². The van der Waals surface area contributed by atoms with Crippen molar-refractivity contribution in [1.82, 2.24) is 19.5 Å². The van der Waals surface area contributed by atoms with Crippen molar-refractivity contribution >= 4 is 5.82 Å². The van der Waals surface area contributed by atoms with Crippen molar-refractivity contribution < 1.29 is 19.7 Å². The maximum absolute atomic E-state index is 10.2. The third-order valence-electron chi connectivity index (χ3n) is 4.30. The van der Waals surface area contributed by atoms with Crippen LogP contribution < -0.4 is 10.5 Å². The van der Waals surface area contributed by atoms with Crippen LogP contribution in [0.2, 0.25) is 0 Å². The first-order valence-electron chi connectivity index (χ1n) is 9.50. The van der Waals surface area contributed by atoms with Gasteiger partial charge in [0.15, 0.2) is 30.0 Å². The van der Waals surface area contributed by atoms with E-state index in [2.05, 4.69) is 15.0 Å². The van der Waals surface area contributed by atoms with Crippen LogP contribution in [-0.2, 0) is 16.9 Å². The van der Waals surface area contributed by atoms with E-state index in [0.717, 1.165) is 18.4 Å². The molecule has 29 heavy (non-hydrogen) atoms. The molecule has 0 aromatic heterocycles. The molecule has 2 aliphatic heterocycles. The first kappa shape index (κ1) is 21.0. The van der Waals surface area contributed by atoms with Gasteiger partial charge in [0.05, 0.1) is 19.5 Å². The Morgan fingerprint density at radius 3 is 2.79 bits per heavy atom. The standard InChI is InChI=1S/C20H27N5O4/c1-20(2,27)19-23-16-17(21)22-12-25(18(16)24-19)11-14-6-5-7-15(10-14)29-13-28-9-4-3-8-26/h5-7,10,12,26-27H,3-4,8-9,11,13,21H2,1-2H3. The molecular weight excluding hydrogens is 374 g/mol. The number of benzene rings is 1. The summed E-state index contributed by atoms with van der Waals surface area (Å²) in [6.07, 6.45) is 3.12. The largest absolute Gasteiger partial charge is 0.468 e. The van der Waals surface area contributed by atoms with Gasteiger partial charge in [0.1, 0.15) is 11.4 Å². The number of aliphatic hydroxyl groups is 2. The zero-order valence-corrected chi connectivity index (χ0v) is 16.7. The minimum atomic E-state index is -1.17. The quantitative estimate of drug-likeness (QED) is 0.346. The summed E-state index contributed by atoms with van der Waals surface area (Å²) in [5.41, 5.74) is 6.21. The van der Waals surface area contributed by atoms with Gasteiger partial charge in [-0.15, -0.1) is 0 Å². The van der Waals surface area contributed by atoms with E-state index in [0.29, 0.717) is 36.2 Å². The number of hydrogen-bond acceptors (Lipinski definition) is 8. The number of hydrogen-bond donors (Lipinski definition) is 3. The van der Waals surface area contributed by atoms with Crippen LogP contribution in [0.5, 0.6) is 5.75 Å². The van der Waals surface area contributed by atoms with Crippen molar-refractivity contribution in [2.24, 2.45) is 0 Å². The first-order chi connectivity index (χ1) is 13.9. The van der Waals surface area contributed by atoms with Gasteiger partial charge < -0.3 is 30.0 Å². The maximum Gasteiger partial charge on any atom is 0.189 e. The molecule has 0 saturated carbocycles. The molecule has 3 rings (SSSR count). The van der Waals surface area contributed by atoms with E-state index >= 15 is 0 Å². The van der Waals surface area contributed by atoms with Crippen molar-refractivity contribution in [2.75, 3.05) is 25.7 Å². The molecule has 0 amide bonds. The minimum Gasteiger partial charge on any atom is -0.468 e. The molecule has 0 atom stereocenters. The minimum absolute atomic E-state index is 0.152. The monoisotopic (exact) mass is 401 g/mol. The van der Waals surface area contributed by atoms with E-state index in [9.17, 15) is 5.11 Å². The van der Waals surface area contributed by atoms with Crippen LogP contribution in [0.4, 0.5) is 5.82 Å². The number of nitrogens with two attached hydrogens (primary N) is 1. The molecule has 0 bridgehead atoms. The Balaban J connectivity index is 1.71. The van der Waals surface area contributed by atoms with Crippen LogP contribution in [0.15, 0.2) is 30.6 Å². The molecule has 9 nitrogen and oxygen atoms in total. The number of anilines is 1. The van der Waals surface area contributed by atoms with Gasteiger partial charge >= 0.3 is 0 Å². The van der Waals surface area contributed by atoms with Gasteiger partial charge in [-0.25, -0.2) is 15.0 Å². The highest BCUT2D eigenvalue weighted by Crippen LogP contribution is 2.28. The van der Waals surface area contributed by atoms with Crippen molar-refractivity contribution in [2.45, 2.75) is 38.8 Å². The molecule has 0 saturated heterocycles. The van der Waals surface area contributed by atoms with E-state index < -0.39 is 5.60 Å². The molecule has 0 fully saturated rings. The van der Waals surface area contributed by atoms with Crippen molar-refractivity contribution in [3.63, 3.8) is 0 Å². The number of imidazole rings is 1. The summed E-state index contributed by atoms with van der Waals surface area (Å²) >= 11 is 0. The number of ether oxygens (including phenoxy) is 2. The zero-order valence-electron chi connectivity index (χ0n) is 16.7. The Hall–Kier alpha value is -2.75. The van der Waals surface area contributed by atoms with Crippen LogP contribution in [0.25, 0.3) is 11.5 Å². The molecule has 2 heterocycles. The molecule has 1 aromatic carbocycles. The Morgan fingerprint density at radius 1 is 1.21 bits per heavy atom. The van der Waals surface area contributed by atoms with Gasteiger partial charge in [-0.1, -0.05) is 12.1 Å². The lowest BCUT2D eigenvalue weighted by Gasteiger charge is -2.13. The summed E-state index contributed by atoms with van der Waals surface area (Å²) in [5.74, 6) is 1.83. The van der Waals surface area contributed by atoms with Crippen LogP contribution in [0, 0.1) is 0 Å². The predicted octanol–water partition coefficient (Wildman–Crippen LogP) is 1.76. The van der Waals surface area contributed by atoms with Gasteiger partial charge in [-0.3, -0.25) is 0 Å². The van der Waals surface area contributed by atoms with E-state index in [-0.39, 0.29) is 19.2 Å². The number of nitrogens with zero attached hydrogens (tertiary/aromatic N) is 4. The summed E-state index contributed by atoms with van der Waals surface area (Å²) < 4.78 is 12.9. The fourth-order valence-electron chi connectivity index (χ4n) is 2.76. The first-order valence-corrected chi connectivity index (χ1v) is 9.50. The van der Waals surface area contributed by atoms with E-state index in [4.69, 9.17) is 20.3 Å². The Bertz CT molecular complexity index is 906. The lowest BCUT2D eigenvalue weighted by atomic mass is 10.1. The lowest BCUT2D eigenvalue weighted by Crippen LogP contribution is -2.17. The number of rotatable bonds is 10. The van der Waals surface area contributed by atoms with Crippen LogP contribution in [0.3, 0.4) is 0 Å². The van der Waals surface area contributed by atoms with Crippen LogP contribution >= 0.6 is 0 Å². The lowest BCUT2D eigenvalue weighted by molar-refractivity contribution is 0.0124. The van der Waals surface area contributed by atoms with Crippen molar-refractivity contribution in [3.05, 3.63) is 42.0 Å². The fourth-order valence-corrected chi connectivity index (χ4v) is 2.76. The molecule has 9 heteroatoms. The summed E-state index contributed by atoms with van der Waals surface area (Å²) in [4.78, 5) is 13.0. The van der Waals surface area contributed by atoms with Crippen LogP contribution in [-0.4, -0.2) is 49.7 Å². The molecule has 0 spiro atoms. The molecule has 0 unspecified atom stereocenters. The number of fused-ring (bicyclic) bond motifs is 1. The number of unbranched alkanes of at least 4 members (excludes halogenated alkanes) is 1. The van der Waals surface area contributed by atoms with E-state index in [1.807, 2.05) is 28.8 Å². The summed E-state index contributed by atoms with van der Waals surface area (Å²) in [6, 6.07) is 7.64. The SMILES string of the molecule is CC(C)(O)c1nc2c(N)ncn(Cc3cccc(OCOCCCCO)c3)c-2n1. The van der Waals surface area contributed by atoms with Gasteiger partial charge in [0, 0.05) is 6.61 Å². The van der Waals surface area contributed by atoms with E-state index in [1.54, 1.807) is 20.2 Å². The molecule has 0 radical (unpaired) electrons. The fraction of sp³-hybridized carbons (Fsp3) is 0.450. The highest BCUT2D eigenvalue weighted by atomic mass is 16.7. The summed E-state index contributed by atoms with van der Waals surface area (Å²) in [7, 11) is 0. The summed E-state index contributed by atoms with van der Waals surface area (Å²) in [6.45, 7) is 4.61. The topological polar surface area (TPSA) is 129 Å². The second-order valence-electron chi connectivity index (χ2n) is 7.28. The van der Waals surface area contributed by atoms with Gasteiger partial charge in [-0.2, -0.15) is 0 Å². The average Bonchev–Trinajstić information content (AvgIpc) is 3.14. The molecule has 2 aliphatic rings. The van der Waals surface area contributed by atoms with E-state index in [1.165, 1.54) is 0 Å². The van der Waals surface area contributed by atoms with Gasteiger partial charge in [-0.05, 0) is 44.4 Å². The zero-order chi connectivity index (χ0) is 20.9. The smallest absolute Gasteiger partial charge is 0.189 e. The Kier molecular flexibility index (Phi) is 6.63. The highest BCUT2D eigenvalue weighted by molar-refractivity contribution is 5.65. The third-order valence-corrected chi connectivity index (χ3v) is 4.30. The highest BCUT2D eigenvalue weighted by Gasteiger charge is 2.27. The number of aromatic nitrogens is 4. The predicted molar refractivity (Wildman–Crippen MR) is 107 cm³/mol.